The van der Waals surface area contributed by atoms with Crippen LogP contribution in [-0.2, 0) is 20.7 Å². The van der Waals surface area contributed by atoms with Crippen molar-refractivity contribution in [2.24, 2.45) is 5.92 Å². The Kier molecular flexibility index (Phi) is 11.2. The van der Waals surface area contributed by atoms with E-state index in [0.29, 0.717) is 18.2 Å². The second-order valence-corrected chi connectivity index (χ2v) is 13.9. The van der Waals surface area contributed by atoms with E-state index in [-0.39, 0.29) is 18.4 Å². The third-order valence-corrected chi connectivity index (χ3v) is 7.68. The second-order valence-electron chi connectivity index (χ2n) is 13.9. The van der Waals surface area contributed by atoms with Crippen LogP contribution in [-0.4, -0.2) is 64.8 Å². The topological polar surface area (TPSA) is 110 Å². The van der Waals surface area contributed by atoms with Crippen molar-refractivity contribution in [1.29, 1.82) is 0 Å². The van der Waals surface area contributed by atoms with E-state index in [9.17, 15) is 14.4 Å². The summed E-state index contributed by atoms with van der Waals surface area (Å²) >= 11 is 0. The number of carbonyl (C=O) groups excluding carboxylic acids is 3. The van der Waals surface area contributed by atoms with Gasteiger partial charge in [0.1, 0.15) is 28.7 Å². The van der Waals surface area contributed by atoms with Crippen LogP contribution in [0.5, 0.6) is 5.75 Å². The Bertz CT molecular complexity index is 1390. The fourth-order valence-electron chi connectivity index (χ4n) is 5.41. The van der Waals surface area contributed by atoms with Gasteiger partial charge in [-0.2, -0.15) is 0 Å². The van der Waals surface area contributed by atoms with E-state index in [2.05, 4.69) is 10.3 Å². The molecule has 2 aromatic carbocycles. The van der Waals surface area contributed by atoms with Crippen LogP contribution in [0.4, 0.5) is 4.79 Å². The molecule has 0 saturated carbocycles. The van der Waals surface area contributed by atoms with Crippen LogP contribution in [0.25, 0.3) is 10.9 Å². The third kappa shape index (κ3) is 10.8. The largest absolute Gasteiger partial charge is 0.494 e. The predicted molar refractivity (Wildman–Crippen MR) is 175 cm³/mol. The molecule has 2 heterocycles. The van der Waals surface area contributed by atoms with Crippen LogP contribution in [0, 0.1) is 5.92 Å². The number of H-pyrrole nitrogens is 1. The number of carbonyl (C=O) groups is 3. The van der Waals surface area contributed by atoms with Gasteiger partial charge in [0.05, 0.1) is 6.61 Å². The van der Waals surface area contributed by atoms with Gasteiger partial charge in [0, 0.05) is 30.4 Å². The first-order valence-corrected chi connectivity index (χ1v) is 16.1. The van der Waals surface area contributed by atoms with Crippen molar-refractivity contribution in [2.45, 2.75) is 97.3 Å². The number of hydrogen-bond acceptors (Lipinski definition) is 6. The van der Waals surface area contributed by atoms with Gasteiger partial charge in [0.15, 0.2) is 0 Å². The number of para-hydroxylation sites is 1. The number of esters is 1. The van der Waals surface area contributed by atoms with E-state index in [0.717, 1.165) is 67.4 Å². The molecule has 45 heavy (non-hydrogen) atoms. The Morgan fingerprint density at radius 1 is 0.911 bits per heavy atom. The van der Waals surface area contributed by atoms with Gasteiger partial charge < -0.3 is 29.4 Å². The van der Waals surface area contributed by atoms with E-state index in [1.54, 1.807) is 6.07 Å². The van der Waals surface area contributed by atoms with E-state index < -0.39 is 23.2 Å². The Labute approximate surface area is 267 Å². The zero-order valence-corrected chi connectivity index (χ0v) is 27.6. The van der Waals surface area contributed by atoms with Gasteiger partial charge >= 0.3 is 12.1 Å². The average Bonchev–Trinajstić information content (AvgIpc) is 3.41. The van der Waals surface area contributed by atoms with E-state index in [1.807, 2.05) is 95.0 Å². The number of nitrogens with one attached hydrogen (secondary N) is 2. The first-order chi connectivity index (χ1) is 21.3. The number of unbranched alkanes of at least 4 members (excludes halogenated alkanes) is 1. The van der Waals surface area contributed by atoms with Crippen LogP contribution in [0.2, 0.25) is 0 Å². The standard InChI is InChI=1S/C36H49N3O6/c1-35(2,3)44-33(41)31(38-32(40)30-24-27-12-7-8-13-29(27)37-30)23-26-14-16-28(17-15-26)43-22-10-9-11-25-18-20-39(21-19-25)34(42)45-36(4,5)6/h7-8,12-17,24-25,31,37H,9-11,18-23H2,1-6H3,(H,38,40)/t31-/m0/s1. The lowest BCUT2D eigenvalue weighted by Gasteiger charge is -2.33. The number of ether oxygens (including phenoxy) is 3. The van der Waals surface area contributed by atoms with Crippen molar-refractivity contribution in [1.82, 2.24) is 15.2 Å². The molecular formula is C36H49N3O6. The number of nitrogens with zero attached hydrogens (tertiary/aromatic N) is 1. The molecule has 244 valence electrons. The molecule has 0 aliphatic carbocycles. The smallest absolute Gasteiger partial charge is 0.410 e. The Morgan fingerprint density at radius 2 is 1.58 bits per heavy atom. The molecule has 0 radical (unpaired) electrons. The molecule has 0 spiro atoms. The maximum atomic E-state index is 13.1. The summed E-state index contributed by atoms with van der Waals surface area (Å²) in [6.07, 6.45) is 5.24. The highest BCUT2D eigenvalue weighted by Crippen LogP contribution is 2.24. The normalized spacial score (nSPS) is 15.0. The molecular weight excluding hydrogens is 570 g/mol. The predicted octanol–water partition coefficient (Wildman–Crippen LogP) is 7.05. The van der Waals surface area contributed by atoms with Gasteiger partial charge in [-0.05, 0) is 103 Å². The fourth-order valence-corrected chi connectivity index (χ4v) is 5.41. The van der Waals surface area contributed by atoms with Crippen molar-refractivity contribution in [3.8, 4) is 5.75 Å². The summed E-state index contributed by atoms with van der Waals surface area (Å²) in [4.78, 5) is 43.4. The van der Waals surface area contributed by atoms with Crippen molar-refractivity contribution in [3.63, 3.8) is 0 Å². The van der Waals surface area contributed by atoms with Crippen molar-refractivity contribution < 1.29 is 28.6 Å². The minimum absolute atomic E-state index is 0.212. The molecule has 2 N–H and O–H groups in total. The minimum atomic E-state index is -0.856. The molecule has 9 nitrogen and oxygen atoms in total. The quantitative estimate of drug-likeness (QED) is 0.176. The number of fused-ring (bicyclic) bond motifs is 1. The summed E-state index contributed by atoms with van der Waals surface area (Å²) in [5.74, 6) is 0.538. The summed E-state index contributed by atoms with van der Waals surface area (Å²) < 4.78 is 17.1. The SMILES string of the molecule is CC(C)(C)OC(=O)[C@H](Cc1ccc(OCCCCC2CCN(C(=O)OC(C)(C)C)CC2)cc1)NC(=O)c1cc2ccccc2[nH]1. The number of aromatic amines is 1. The van der Waals surface area contributed by atoms with Gasteiger partial charge in [0.2, 0.25) is 0 Å². The Morgan fingerprint density at radius 3 is 2.22 bits per heavy atom. The highest BCUT2D eigenvalue weighted by atomic mass is 16.6. The van der Waals surface area contributed by atoms with Crippen LogP contribution >= 0.6 is 0 Å². The summed E-state index contributed by atoms with van der Waals surface area (Å²) in [6.45, 7) is 13.2. The summed E-state index contributed by atoms with van der Waals surface area (Å²) in [7, 11) is 0. The molecule has 3 aromatic rings. The summed E-state index contributed by atoms with van der Waals surface area (Å²) in [6, 6.07) is 16.2. The van der Waals surface area contributed by atoms with Crippen molar-refractivity contribution in [3.05, 3.63) is 65.9 Å². The highest BCUT2D eigenvalue weighted by molar-refractivity contribution is 5.99. The molecule has 0 bridgehead atoms. The maximum Gasteiger partial charge on any atom is 0.410 e. The number of benzene rings is 2. The lowest BCUT2D eigenvalue weighted by Crippen LogP contribution is -2.45. The number of aromatic nitrogens is 1. The van der Waals surface area contributed by atoms with Crippen molar-refractivity contribution in [2.75, 3.05) is 19.7 Å². The third-order valence-electron chi connectivity index (χ3n) is 7.68. The molecule has 0 unspecified atom stereocenters. The van der Waals surface area contributed by atoms with E-state index in [4.69, 9.17) is 14.2 Å². The molecule has 1 fully saturated rings. The van der Waals surface area contributed by atoms with Gasteiger partial charge in [-0.3, -0.25) is 4.79 Å². The number of rotatable bonds is 11. The number of piperidine rings is 1. The minimum Gasteiger partial charge on any atom is -0.494 e. The number of amides is 2. The summed E-state index contributed by atoms with van der Waals surface area (Å²) in [5, 5.41) is 3.79. The van der Waals surface area contributed by atoms with Crippen LogP contribution in [0.3, 0.4) is 0 Å². The molecule has 1 aromatic heterocycles. The van der Waals surface area contributed by atoms with Gasteiger partial charge in [-0.25, -0.2) is 9.59 Å². The summed E-state index contributed by atoms with van der Waals surface area (Å²) in [5.41, 5.74) is 0.976. The lowest BCUT2D eigenvalue weighted by atomic mass is 9.92. The van der Waals surface area contributed by atoms with E-state index >= 15 is 0 Å². The number of hydrogen-bond donors (Lipinski definition) is 2. The Balaban J connectivity index is 1.22. The van der Waals surface area contributed by atoms with Crippen LogP contribution in [0.1, 0.15) is 89.7 Å². The van der Waals surface area contributed by atoms with Crippen LogP contribution in [0.15, 0.2) is 54.6 Å². The maximum absolute atomic E-state index is 13.1. The first-order valence-electron chi connectivity index (χ1n) is 16.1. The van der Waals surface area contributed by atoms with Gasteiger partial charge in [-0.1, -0.05) is 36.8 Å². The Hall–Kier alpha value is -4.01. The molecule has 9 heteroatoms. The lowest BCUT2D eigenvalue weighted by molar-refractivity contribution is -0.157. The monoisotopic (exact) mass is 619 g/mol. The van der Waals surface area contributed by atoms with Crippen molar-refractivity contribution >= 4 is 28.9 Å². The molecule has 2 amide bonds. The van der Waals surface area contributed by atoms with Gasteiger partial charge in [-0.15, -0.1) is 0 Å². The first kappa shape index (κ1) is 33.9. The molecule has 1 aliphatic heterocycles. The van der Waals surface area contributed by atoms with Gasteiger partial charge in [0.25, 0.3) is 5.91 Å². The molecule has 1 atom stereocenters. The second kappa shape index (κ2) is 14.8. The number of likely N-dealkylation sites (tertiary alicyclic amines) is 1. The fraction of sp³-hybridized carbons (Fsp3) is 0.528. The molecule has 1 aliphatic rings. The zero-order chi connectivity index (χ0) is 32.6. The average molecular weight is 620 g/mol. The zero-order valence-electron chi connectivity index (χ0n) is 27.6. The molecule has 4 rings (SSSR count). The van der Waals surface area contributed by atoms with Crippen LogP contribution < -0.4 is 10.1 Å². The molecule has 1 saturated heterocycles. The van der Waals surface area contributed by atoms with E-state index in [1.165, 1.54) is 0 Å². The highest BCUT2D eigenvalue weighted by Gasteiger charge is 2.28.